The number of allylic oxidation sites excluding steroid dienone is 1. The van der Waals surface area contributed by atoms with Crippen LogP contribution in [0.2, 0.25) is 0 Å². The second-order valence-corrected chi connectivity index (χ2v) is 5.53. The lowest BCUT2D eigenvalue weighted by Crippen LogP contribution is -2.17. The average Bonchev–Trinajstić information content (AvgIpc) is 2.58. The summed E-state index contributed by atoms with van der Waals surface area (Å²) in [6, 6.07) is 13.7. The molecule has 0 aliphatic heterocycles. The molecule has 112 valence electrons. The van der Waals surface area contributed by atoms with Gasteiger partial charge in [0.15, 0.2) is 5.78 Å². The van der Waals surface area contributed by atoms with Crippen molar-refractivity contribution in [3.05, 3.63) is 65.5 Å². The number of ether oxygens (including phenoxy) is 1. The number of benzene rings is 1. The molecule has 0 radical (unpaired) electrons. The third-order valence-corrected chi connectivity index (χ3v) is 4.13. The first-order valence-electron chi connectivity index (χ1n) is 7.55. The number of hydrogen-bond acceptors (Lipinski definition) is 3. The molecule has 1 aromatic carbocycles. The minimum atomic E-state index is 0.216. The fourth-order valence-corrected chi connectivity index (χ4v) is 2.92. The molecule has 0 amide bonds. The van der Waals surface area contributed by atoms with Gasteiger partial charge in [0.1, 0.15) is 5.75 Å². The molecule has 3 heteroatoms. The summed E-state index contributed by atoms with van der Waals surface area (Å²) in [4.78, 5) is 16.8. The standard InChI is InChI=1S/C19H19NO2/c1-22-19-8-3-2-6-16(19)12-15-10-9-14(13-18(15)21)17-7-4-5-11-20-17/h2-8,11-12,14H,9-10,13H2,1H3. The summed E-state index contributed by atoms with van der Waals surface area (Å²) in [5.74, 6) is 1.26. The Morgan fingerprint density at radius 3 is 2.73 bits per heavy atom. The van der Waals surface area contributed by atoms with Crippen LogP contribution >= 0.6 is 0 Å². The summed E-state index contributed by atoms with van der Waals surface area (Å²) in [6.07, 6.45) is 6.05. The van der Waals surface area contributed by atoms with Crippen LogP contribution in [0, 0.1) is 0 Å². The monoisotopic (exact) mass is 293 g/mol. The van der Waals surface area contributed by atoms with E-state index in [2.05, 4.69) is 4.98 Å². The molecule has 3 rings (SSSR count). The zero-order chi connectivity index (χ0) is 15.4. The molecule has 1 atom stereocenters. The molecule has 1 fully saturated rings. The lowest BCUT2D eigenvalue weighted by molar-refractivity contribution is -0.116. The quantitative estimate of drug-likeness (QED) is 0.803. The fourth-order valence-electron chi connectivity index (χ4n) is 2.92. The highest BCUT2D eigenvalue weighted by Gasteiger charge is 2.25. The van der Waals surface area contributed by atoms with Gasteiger partial charge in [0.05, 0.1) is 7.11 Å². The van der Waals surface area contributed by atoms with Crippen LogP contribution in [-0.2, 0) is 4.79 Å². The van der Waals surface area contributed by atoms with Gasteiger partial charge in [-0.15, -0.1) is 0 Å². The molecule has 2 aromatic rings. The van der Waals surface area contributed by atoms with Crippen molar-refractivity contribution in [3.63, 3.8) is 0 Å². The molecule has 1 unspecified atom stereocenters. The van der Waals surface area contributed by atoms with Gasteiger partial charge in [-0.1, -0.05) is 24.3 Å². The van der Waals surface area contributed by atoms with E-state index in [-0.39, 0.29) is 11.7 Å². The van der Waals surface area contributed by atoms with Crippen LogP contribution in [0.5, 0.6) is 5.75 Å². The average molecular weight is 293 g/mol. The zero-order valence-corrected chi connectivity index (χ0v) is 12.7. The van der Waals surface area contributed by atoms with E-state index in [0.717, 1.165) is 35.4 Å². The third kappa shape index (κ3) is 3.08. The highest BCUT2D eigenvalue weighted by atomic mass is 16.5. The predicted octanol–water partition coefficient (Wildman–Crippen LogP) is 4.01. The van der Waals surface area contributed by atoms with Gasteiger partial charge in [0, 0.05) is 29.8 Å². The van der Waals surface area contributed by atoms with Gasteiger partial charge in [0.25, 0.3) is 0 Å². The van der Waals surface area contributed by atoms with E-state index in [1.54, 1.807) is 13.3 Å². The van der Waals surface area contributed by atoms with E-state index >= 15 is 0 Å². The van der Waals surface area contributed by atoms with Crippen LogP contribution < -0.4 is 4.74 Å². The van der Waals surface area contributed by atoms with Crippen LogP contribution in [0.3, 0.4) is 0 Å². The van der Waals surface area contributed by atoms with Crippen molar-refractivity contribution in [2.24, 2.45) is 0 Å². The van der Waals surface area contributed by atoms with Gasteiger partial charge in [-0.25, -0.2) is 0 Å². The molecule has 1 aliphatic carbocycles. The van der Waals surface area contributed by atoms with E-state index in [1.165, 1.54) is 0 Å². The van der Waals surface area contributed by atoms with Crippen LogP contribution in [-0.4, -0.2) is 17.9 Å². The van der Waals surface area contributed by atoms with E-state index in [0.29, 0.717) is 6.42 Å². The Kier molecular flexibility index (Phi) is 4.33. The van der Waals surface area contributed by atoms with Gasteiger partial charge in [-0.3, -0.25) is 9.78 Å². The molecule has 1 aromatic heterocycles. The van der Waals surface area contributed by atoms with Crippen molar-refractivity contribution >= 4 is 11.9 Å². The van der Waals surface area contributed by atoms with Crippen molar-refractivity contribution < 1.29 is 9.53 Å². The smallest absolute Gasteiger partial charge is 0.159 e. The number of para-hydroxylation sites is 1. The number of ketones is 1. The van der Waals surface area contributed by atoms with E-state index in [4.69, 9.17) is 4.74 Å². The molecular formula is C19H19NO2. The molecule has 22 heavy (non-hydrogen) atoms. The third-order valence-electron chi connectivity index (χ3n) is 4.13. The maximum Gasteiger partial charge on any atom is 0.159 e. The van der Waals surface area contributed by atoms with E-state index in [1.807, 2.05) is 48.5 Å². The summed E-state index contributed by atoms with van der Waals surface area (Å²) >= 11 is 0. The number of hydrogen-bond donors (Lipinski definition) is 0. The van der Waals surface area contributed by atoms with Crippen molar-refractivity contribution in [3.8, 4) is 5.75 Å². The Morgan fingerprint density at radius 2 is 2.00 bits per heavy atom. The number of pyridine rings is 1. The van der Waals surface area contributed by atoms with Crippen molar-refractivity contribution in [2.45, 2.75) is 25.2 Å². The molecule has 1 aliphatic rings. The van der Waals surface area contributed by atoms with Crippen LogP contribution in [0.1, 0.15) is 36.4 Å². The van der Waals surface area contributed by atoms with E-state index < -0.39 is 0 Å². The second kappa shape index (κ2) is 6.56. The number of carbonyl (C=O) groups excluding carboxylic acids is 1. The first kappa shape index (κ1) is 14.5. The minimum absolute atomic E-state index is 0.216. The zero-order valence-electron chi connectivity index (χ0n) is 12.7. The molecule has 0 N–H and O–H groups in total. The maximum atomic E-state index is 12.4. The Morgan fingerprint density at radius 1 is 1.18 bits per heavy atom. The Labute approximate surface area is 130 Å². The number of methoxy groups -OCH3 is 1. The first-order chi connectivity index (χ1) is 10.8. The van der Waals surface area contributed by atoms with Gasteiger partial charge in [-0.2, -0.15) is 0 Å². The molecule has 1 heterocycles. The topological polar surface area (TPSA) is 39.2 Å². The van der Waals surface area contributed by atoms with Crippen molar-refractivity contribution in [1.29, 1.82) is 0 Å². The number of aromatic nitrogens is 1. The normalized spacial score (nSPS) is 20.1. The van der Waals surface area contributed by atoms with Gasteiger partial charge in [0.2, 0.25) is 0 Å². The largest absolute Gasteiger partial charge is 0.496 e. The van der Waals surface area contributed by atoms with E-state index in [9.17, 15) is 4.79 Å². The molecule has 3 nitrogen and oxygen atoms in total. The predicted molar refractivity (Wildman–Crippen MR) is 86.8 cm³/mol. The summed E-state index contributed by atoms with van der Waals surface area (Å²) in [6.45, 7) is 0. The molecule has 0 saturated heterocycles. The van der Waals surface area contributed by atoms with Crippen LogP contribution in [0.25, 0.3) is 6.08 Å². The highest BCUT2D eigenvalue weighted by Crippen LogP contribution is 2.34. The van der Waals surface area contributed by atoms with Crippen molar-refractivity contribution in [2.75, 3.05) is 7.11 Å². The fraction of sp³-hybridized carbons (Fsp3) is 0.263. The summed E-state index contributed by atoms with van der Waals surface area (Å²) in [7, 11) is 1.65. The minimum Gasteiger partial charge on any atom is -0.496 e. The maximum absolute atomic E-state index is 12.4. The Balaban J connectivity index is 1.78. The molecule has 0 spiro atoms. The molecular weight excluding hydrogens is 274 g/mol. The molecule has 0 bridgehead atoms. The van der Waals surface area contributed by atoms with Crippen molar-refractivity contribution in [1.82, 2.24) is 4.98 Å². The van der Waals surface area contributed by atoms with Crippen LogP contribution in [0.4, 0.5) is 0 Å². The van der Waals surface area contributed by atoms with Gasteiger partial charge in [-0.05, 0) is 42.7 Å². The Bertz CT molecular complexity index is 692. The second-order valence-electron chi connectivity index (χ2n) is 5.53. The van der Waals surface area contributed by atoms with Gasteiger partial charge < -0.3 is 4.74 Å². The summed E-state index contributed by atoms with van der Waals surface area (Å²) in [5, 5.41) is 0. The number of carbonyl (C=O) groups is 1. The number of Topliss-reactive ketones (excluding diaryl/α,β-unsaturated/α-hetero) is 1. The highest BCUT2D eigenvalue weighted by molar-refractivity contribution is 6.00. The number of nitrogens with zero attached hydrogens (tertiary/aromatic N) is 1. The first-order valence-corrected chi connectivity index (χ1v) is 7.55. The SMILES string of the molecule is COc1ccccc1C=C1CCC(c2ccccn2)CC1=O. The lowest BCUT2D eigenvalue weighted by Gasteiger charge is -2.22. The Hall–Kier alpha value is -2.42. The summed E-state index contributed by atoms with van der Waals surface area (Å²) in [5.41, 5.74) is 2.87. The lowest BCUT2D eigenvalue weighted by atomic mass is 9.82. The summed E-state index contributed by atoms with van der Waals surface area (Å²) < 4.78 is 5.35. The van der Waals surface area contributed by atoms with Gasteiger partial charge >= 0.3 is 0 Å². The molecule has 1 saturated carbocycles. The van der Waals surface area contributed by atoms with Crippen LogP contribution in [0.15, 0.2) is 54.2 Å². The number of rotatable bonds is 3.